The second-order valence-electron chi connectivity index (χ2n) is 7.83. The monoisotopic (exact) mass is 466 g/mol. The molecular formula is C25H23ClN2O3S. The molecule has 0 saturated heterocycles. The molecule has 3 aromatic carbocycles. The maximum Gasteiger partial charge on any atom is 0.244 e. The molecule has 32 heavy (non-hydrogen) atoms. The summed E-state index contributed by atoms with van der Waals surface area (Å²) >= 11 is 6.05. The number of anilines is 1. The highest BCUT2D eigenvalue weighted by Crippen LogP contribution is 2.29. The first-order valence-electron chi connectivity index (χ1n) is 10.2. The van der Waals surface area contributed by atoms with E-state index in [2.05, 4.69) is 5.32 Å². The van der Waals surface area contributed by atoms with Gasteiger partial charge in [0, 0.05) is 27.8 Å². The number of nitrogens with zero attached hydrogens (tertiary/aromatic N) is 1. The van der Waals surface area contributed by atoms with Crippen LogP contribution in [-0.2, 0) is 26.9 Å². The van der Waals surface area contributed by atoms with Gasteiger partial charge in [0.25, 0.3) is 0 Å². The molecule has 0 spiro atoms. The molecule has 5 nitrogen and oxygen atoms in total. The van der Waals surface area contributed by atoms with Gasteiger partial charge in [0.1, 0.15) is 6.54 Å². The molecule has 1 N–H and O–H groups in total. The number of aromatic nitrogens is 1. The highest BCUT2D eigenvalue weighted by Gasteiger charge is 2.23. The Morgan fingerprint density at radius 2 is 1.69 bits per heavy atom. The van der Waals surface area contributed by atoms with Crippen LogP contribution in [-0.4, -0.2) is 18.9 Å². The van der Waals surface area contributed by atoms with Gasteiger partial charge in [0.05, 0.1) is 10.6 Å². The van der Waals surface area contributed by atoms with Crippen molar-refractivity contribution in [2.24, 2.45) is 0 Å². The van der Waals surface area contributed by atoms with Crippen LogP contribution in [0.5, 0.6) is 0 Å². The van der Waals surface area contributed by atoms with Gasteiger partial charge in [-0.2, -0.15) is 0 Å². The number of sulfone groups is 1. The summed E-state index contributed by atoms with van der Waals surface area (Å²) in [6.45, 7) is 3.76. The molecule has 0 aliphatic heterocycles. The van der Waals surface area contributed by atoms with E-state index in [9.17, 15) is 13.2 Å². The molecule has 0 saturated carbocycles. The Hall–Kier alpha value is -3.09. The molecular weight excluding hydrogens is 444 g/mol. The fourth-order valence-corrected chi connectivity index (χ4v) is 5.58. The summed E-state index contributed by atoms with van der Waals surface area (Å²) < 4.78 is 28.3. The van der Waals surface area contributed by atoms with Gasteiger partial charge in [0.2, 0.25) is 5.91 Å². The molecule has 1 heterocycles. The average molecular weight is 467 g/mol. The second-order valence-corrected chi connectivity index (χ2v) is 10.2. The van der Waals surface area contributed by atoms with Crippen molar-refractivity contribution in [1.82, 2.24) is 4.57 Å². The first kappa shape index (κ1) is 22.1. The highest BCUT2D eigenvalue weighted by molar-refractivity contribution is 7.90. The minimum Gasteiger partial charge on any atom is -0.337 e. The number of para-hydroxylation sites is 1. The minimum atomic E-state index is -3.62. The Bertz CT molecular complexity index is 1420. The van der Waals surface area contributed by atoms with Crippen molar-refractivity contribution in [3.8, 4) is 0 Å². The number of halogens is 1. The van der Waals surface area contributed by atoms with E-state index in [4.69, 9.17) is 11.6 Å². The van der Waals surface area contributed by atoms with Gasteiger partial charge >= 0.3 is 0 Å². The van der Waals surface area contributed by atoms with Gasteiger partial charge in [-0.15, -0.1) is 0 Å². The van der Waals surface area contributed by atoms with Crippen molar-refractivity contribution in [1.29, 1.82) is 0 Å². The van der Waals surface area contributed by atoms with Crippen LogP contribution >= 0.6 is 11.6 Å². The molecule has 1 amide bonds. The quantitative estimate of drug-likeness (QED) is 0.406. The fraction of sp³-hybridized carbons (Fsp3) is 0.160. The van der Waals surface area contributed by atoms with E-state index in [-0.39, 0.29) is 23.1 Å². The summed E-state index contributed by atoms with van der Waals surface area (Å²) in [5.74, 6) is -0.360. The van der Waals surface area contributed by atoms with E-state index in [0.717, 1.165) is 16.7 Å². The van der Waals surface area contributed by atoms with Gasteiger partial charge < -0.3 is 9.88 Å². The smallest absolute Gasteiger partial charge is 0.244 e. The van der Waals surface area contributed by atoms with E-state index in [0.29, 0.717) is 21.6 Å². The number of fused-ring (bicyclic) bond motifs is 1. The molecule has 0 aliphatic carbocycles. The van der Waals surface area contributed by atoms with Crippen molar-refractivity contribution >= 4 is 43.9 Å². The molecule has 0 bridgehead atoms. The van der Waals surface area contributed by atoms with E-state index < -0.39 is 9.84 Å². The summed E-state index contributed by atoms with van der Waals surface area (Å²) in [5.41, 5.74) is 3.90. The number of carbonyl (C=O) groups is 1. The summed E-state index contributed by atoms with van der Waals surface area (Å²) in [6.07, 6.45) is 1.56. The standard InChI is InChI=1S/C25H23ClN2O3S/c1-17-7-3-4-8-19(17)16-32(30,31)24-14-28(23-10-6-5-9-21(23)24)15-25(29)27-22-13-20(26)12-11-18(22)2/h3-14H,15-16H2,1-2H3,(H,27,29). The predicted molar refractivity (Wildman–Crippen MR) is 129 cm³/mol. The Kier molecular flexibility index (Phi) is 6.09. The summed E-state index contributed by atoms with van der Waals surface area (Å²) in [5, 5.41) is 4.00. The van der Waals surface area contributed by atoms with E-state index in [1.807, 2.05) is 56.3 Å². The van der Waals surface area contributed by atoms with Crippen LogP contribution in [0.2, 0.25) is 5.02 Å². The maximum atomic E-state index is 13.3. The zero-order valence-electron chi connectivity index (χ0n) is 17.8. The molecule has 1 aromatic heterocycles. The molecule has 164 valence electrons. The Morgan fingerprint density at radius 1 is 0.969 bits per heavy atom. The molecule has 7 heteroatoms. The zero-order chi connectivity index (χ0) is 22.9. The highest BCUT2D eigenvalue weighted by atomic mass is 35.5. The lowest BCUT2D eigenvalue weighted by Crippen LogP contribution is -2.18. The first-order valence-corrected chi connectivity index (χ1v) is 12.2. The maximum absolute atomic E-state index is 13.3. The molecule has 0 radical (unpaired) electrons. The second kappa shape index (κ2) is 8.81. The number of amides is 1. The number of benzene rings is 3. The Balaban J connectivity index is 1.66. The van der Waals surface area contributed by atoms with Crippen LogP contribution in [0.25, 0.3) is 10.9 Å². The largest absolute Gasteiger partial charge is 0.337 e. The van der Waals surface area contributed by atoms with Gasteiger partial charge in [-0.25, -0.2) is 8.42 Å². The predicted octanol–water partition coefficient (Wildman–Crippen LogP) is 5.52. The van der Waals surface area contributed by atoms with E-state index in [1.165, 1.54) is 0 Å². The topological polar surface area (TPSA) is 68.2 Å². The molecule has 0 aliphatic rings. The zero-order valence-corrected chi connectivity index (χ0v) is 19.4. The summed E-state index contributed by atoms with van der Waals surface area (Å²) in [4.78, 5) is 13.0. The number of carbonyl (C=O) groups excluding carboxylic acids is 1. The minimum absolute atomic E-state index is 0.0215. The number of aryl methyl sites for hydroxylation is 2. The molecule has 4 rings (SSSR count). The number of rotatable bonds is 6. The first-order chi connectivity index (χ1) is 15.2. The van der Waals surface area contributed by atoms with Gasteiger partial charge in [0.15, 0.2) is 9.84 Å². The van der Waals surface area contributed by atoms with Crippen molar-refractivity contribution in [3.63, 3.8) is 0 Å². The summed E-state index contributed by atoms with van der Waals surface area (Å²) in [6, 6.07) is 20.0. The van der Waals surface area contributed by atoms with Crippen molar-refractivity contribution in [2.45, 2.75) is 31.0 Å². The lowest BCUT2D eigenvalue weighted by Gasteiger charge is -2.10. The third-order valence-electron chi connectivity index (χ3n) is 5.48. The van der Waals surface area contributed by atoms with Gasteiger partial charge in [-0.05, 0) is 48.7 Å². The Labute approximate surface area is 192 Å². The number of hydrogen-bond acceptors (Lipinski definition) is 3. The summed E-state index contributed by atoms with van der Waals surface area (Å²) in [7, 11) is -3.62. The van der Waals surface area contributed by atoms with Gasteiger partial charge in [-0.1, -0.05) is 60.1 Å². The van der Waals surface area contributed by atoms with Crippen LogP contribution in [0.3, 0.4) is 0 Å². The van der Waals surface area contributed by atoms with Crippen LogP contribution in [0.4, 0.5) is 5.69 Å². The lowest BCUT2D eigenvalue weighted by molar-refractivity contribution is -0.116. The van der Waals surface area contributed by atoms with Crippen molar-refractivity contribution in [3.05, 3.63) is 94.6 Å². The molecule has 0 atom stereocenters. The SMILES string of the molecule is Cc1ccccc1CS(=O)(=O)c1cn(CC(=O)Nc2cc(Cl)ccc2C)c2ccccc12. The number of hydrogen-bond donors (Lipinski definition) is 1. The molecule has 0 fully saturated rings. The van der Waals surface area contributed by atoms with E-state index >= 15 is 0 Å². The van der Waals surface area contributed by atoms with Crippen molar-refractivity contribution in [2.75, 3.05) is 5.32 Å². The van der Waals surface area contributed by atoms with Crippen LogP contribution in [0.1, 0.15) is 16.7 Å². The third kappa shape index (κ3) is 4.56. The van der Waals surface area contributed by atoms with E-state index in [1.54, 1.807) is 35.0 Å². The van der Waals surface area contributed by atoms with Crippen molar-refractivity contribution < 1.29 is 13.2 Å². The van der Waals surface area contributed by atoms with Gasteiger partial charge in [-0.3, -0.25) is 4.79 Å². The molecule has 4 aromatic rings. The van der Waals surface area contributed by atoms with Crippen LogP contribution in [0.15, 0.2) is 77.8 Å². The lowest BCUT2D eigenvalue weighted by atomic mass is 10.1. The fourth-order valence-electron chi connectivity index (χ4n) is 3.72. The number of nitrogens with one attached hydrogen (secondary N) is 1. The third-order valence-corrected chi connectivity index (χ3v) is 7.40. The Morgan fingerprint density at radius 3 is 2.47 bits per heavy atom. The average Bonchev–Trinajstić information content (AvgIpc) is 3.12. The van der Waals surface area contributed by atoms with Crippen LogP contribution < -0.4 is 5.32 Å². The van der Waals surface area contributed by atoms with Crippen LogP contribution in [0, 0.1) is 13.8 Å². The normalized spacial score (nSPS) is 11.6. The molecule has 0 unspecified atom stereocenters.